The number of nitrogens with one attached hydrogen (secondary N) is 2. The Balaban J connectivity index is 1.55. The summed E-state index contributed by atoms with van der Waals surface area (Å²) < 4.78 is 27.4. The van der Waals surface area contributed by atoms with E-state index in [2.05, 4.69) is 22.0 Å². The number of hydrogen-bond donors (Lipinski definition) is 2. The molecular weight excluding hydrogens is 306 g/mol. The van der Waals surface area contributed by atoms with Crippen molar-refractivity contribution in [1.29, 1.82) is 0 Å². The Labute approximate surface area is 130 Å². The lowest BCUT2D eigenvalue weighted by Gasteiger charge is -2.19. The van der Waals surface area contributed by atoms with Crippen LogP contribution in [0.1, 0.15) is 30.6 Å². The fraction of sp³-hybridized carbons (Fsp3) is 0.714. The minimum Gasteiger partial charge on any atom is -0.309 e. The Bertz CT molecular complexity index is 581. The molecule has 0 bridgehead atoms. The van der Waals surface area contributed by atoms with Crippen molar-refractivity contribution in [3.8, 4) is 0 Å². The van der Waals surface area contributed by atoms with Crippen LogP contribution in [0, 0.1) is 0 Å². The highest BCUT2D eigenvalue weighted by molar-refractivity contribution is 7.89. The molecule has 1 unspecified atom stereocenters. The third kappa shape index (κ3) is 4.04. The van der Waals surface area contributed by atoms with E-state index in [0.29, 0.717) is 23.5 Å². The van der Waals surface area contributed by atoms with Crippen molar-refractivity contribution in [2.75, 3.05) is 20.1 Å². The van der Waals surface area contributed by atoms with Gasteiger partial charge < -0.3 is 10.2 Å². The van der Waals surface area contributed by atoms with Gasteiger partial charge in [-0.1, -0.05) is 0 Å². The van der Waals surface area contributed by atoms with Crippen molar-refractivity contribution in [3.05, 3.63) is 16.3 Å². The second-order valence-corrected chi connectivity index (χ2v) is 8.80. The summed E-state index contributed by atoms with van der Waals surface area (Å²) in [6.45, 7) is 2.34. The molecule has 3 rings (SSSR count). The lowest BCUT2D eigenvalue weighted by Crippen LogP contribution is -2.38. The number of sulfonamides is 1. The number of hydrogen-bond acceptors (Lipinski definition) is 5. The molecular formula is C14H23N3O2S2. The second-order valence-electron chi connectivity index (χ2n) is 6.03. The lowest BCUT2D eigenvalue weighted by atomic mass is 10.2. The van der Waals surface area contributed by atoms with Gasteiger partial charge in [0.2, 0.25) is 10.0 Å². The highest BCUT2D eigenvalue weighted by Gasteiger charge is 2.24. The van der Waals surface area contributed by atoms with E-state index in [1.54, 1.807) is 11.4 Å². The number of nitrogens with zero attached hydrogens (tertiary/aromatic N) is 1. The van der Waals surface area contributed by atoms with Crippen LogP contribution in [0.2, 0.25) is 0 Å². The van der Waals surface area contributed by atoms with Gasteiger partial charge in [-0.15, -0.1) is 11.3 Å². The van der Waals surface area contributed by atoms with Crippen molar-refractivity contribution >= 4 is 21.4 Å². The van der Waals surface area contributed by atoms with E-state index >= 15 is 0 Å². The van der Waals surface area contributed by atoms with Gasteiger partial charge in [-0.25, -0.2) is 13.1 Å². The maximum atomic E-state index is 12.3. The number of rotatable bonds is 7. The zero-order chi connectivity index (χ0) is 14.9. The monoisotopic (exact) mass is 329 g/mol. The van der Waals surface area contributed by atoms with E-state index in [1.807, 2.05) is 0 Å². The molecule has 0 radical (unpaired) electrons. The van der Waals surface area contributed by atoms with Crippen molar-refractivity contribution in [2.45, 2.75) is 49.2 Å². The molecule has 0 amide bonds. The molecule has 1 aromatic heterocycles. The maximum Gasteiger partial charge on any atom is 0.241 e. The van der Waals surface area contributed by atoms with E-state index in [0.717, 1.165) is 30.8 Å². The largest absolute Gasteiger partial charge is 0.309 e. The van der Waals surface area contributed by atoms with Crippen molar-refractivity contribution in [1.82, 2.24) is 14.9 Å². The van der Waals surface area contributed by atoms with Gasteiger partial charge in [0.1, 0.15) is 0 Å². The Morgan fingerprint density at radius 1 is 1.38 bits per heavy atom. The topological polar surface area (TPSA) is 61.4 Å². The fourth-order valence-corrected chi connectivity index (χ4v) is 4.95. The zero-order valence-electron chi connectivity index (χ0n) is 12.3. The van der Waals surface area contributed by atoms with Gasteiger partial charge in [-0.05, 0) is 45.3 Å². The van der Waals surface area contributed by atoms with Crippen LogP contribution < -0.4 is 10.0 Å². The van der Waals surface area contributed by atoms with Crippen LogP contribution in [0.15, 0.2) is 16.3 Å². The van der Waals surface area contributed by atoms with Gasteiger partial charge in [0.05, 0.1) is 4.90 Å². The van der Waals surface area contributed by atoms with Crippen molar-refractivity contribution in [2.24, 2.45) is 0 Å². The maximum absolute atomic E-state index is 12.3. The first kappa shape index (κ1) is 15.4. The van der Waals surface area contributed by atoms with Crippen LogP contribution in [0.3, 0.4) is 0 Å². The van der Waals surface area contributed by atoms with Crippen molar-refractivity contribution in [3.63, 3.8) is 0 Å². The Morgan fingerprint density at radius 2 is 2.19 bits per heavy atom. The molecule has 1 atom stereocenters. The molecule has 5 nitrogen and oxygen atoms in total. The predicted octanol–water partition coefficient (Wildman–Crippen LogP) is 1.37. The van der Waals surface area contributed by atoms with Crippen molar-refractivity contribution < 1.29 is 8.42 Å². The molecule has 1 saturated heterocycles. The second kappa shape index (κ2) is 6.34. The molecule has 2 heterocycles. The Hall–Kier alpha value is -0.470. The van der Waals surface area contributed by atoms with Gasteiger partial charge in [-0.2, -0.15) is 0 Å². The predicted molar refractivity (Wildman–Crippen MR) is 85.0 cm³/mol. The van der Waals surface area contributed by atoms with Gasteiger partial charge in [0, 0.05) is 35.4 Å². The normalized spacial score (nSPS) is 23.8. The first-order valence-corrected chi connectivity index (χ1v) is 9.91. The standard InChI is InChI=1S/C14H23N3O2S2/c1-17-6-2-3-12(17)8-16-21(18,19)14-7-13(20-10-14)9-15-11-4-5-11/h7,10-12,15-16H,2-6,8-9H2,1H3. The average molecular weight is 329 g/mol. The van der Waals surface area contributed by atoms with Gasteiger partial charge >= 0.3 is 0 Å². The highest BCUT2D eigenvalue weighted by Crippen LogP contribution is 2.23. The number of likely N-dealkylation sites (tertiary alicyclic amines) is 1. The third-order valence-corrected chi connectivity index (χ3v) is 6.75. The van der Waals surface area contributed by atoms with E-state index in [4.69, 9.17) is 0 Å². The minimum absolute atomic E-state index is 0.328. The SMILES string of the molecule is CN1CCCC1CNS(=O)(=O)c1csc(CNC2CC2)c1. The summed E-state index contributed by atoms with van der Waals surface area (Å²) in [7, 11) is -1.31. The van der Waals surface area contributed by atoms with Crippen LogP contribution in [0.5, 0.6) is 0 Å². The number of likely N-dealkylation sites (N-methyl/N-ethyl adjacent to an activating group) is 1. The molecule has 2 aliphatic rings. The summed E-state index contributed by atoms with van der Waals surface area (Å²) >= 11 is 1.51. The first-order chi connectivity index (χ1) is 10.0. The molecule has 21 heavy (non-hydrogen) atoms. The summed E-state index contributed by atoms with van der Waals surface area (Å²) in [5.41, 5.74) is 0. The molecule has 0 aromatic carbocycles. The van der Waals surface area contributed by atoms with Crippen LogP contribution in [-0.2, 0) is 16.6 Å². The molecule has 0 spiro atoms. The van der Waals surface area contributed by atoms with Gasteiger partial charge in [0.15, 0.2) is 0 Å². The van der Waals surface area contributed by atoms with E-state index in [1.165, 1.54) is 24.2 Å². The van der Waals surface area contributed by atoms with E-state index in [-0.39, 0.29) is 0 Å². The van der Waals surface area contributed by atoms with E-state index < -0.39 is 10.0 Å². The van der Waals surface area contributed by atoms with Gasteiger partial charge in [0.25, 0.3) is 0 Å². The lowest BCUT2D eigenvalue weighted by molar-refractivity contribution is 0.311. The molecule has 2 fully saturated rings. The van der Waals surface area contributed by atoms with Crippen LogP contribution in [0.25, 0.3) is 0 Å². The first-order valence-electron chi connectivity index (χ1n) is 7.55. The quantitative estimate of drug-likeness (QED) is 0.793. The highest BCUT2D eigenvalue weighted by atomic mass is 32.2. The summed E-state index contributed by atoms with van der Waals surface area (Å²) in [4.78, 5) is 3.71. The summed E-state index contributed by atoms with van der Waals surface area (Å²) in [5.74, 6) is 0. The molecule has 7 heteroatoms. The van der Waals surface area contributed by atoms with Crippen LogP contribution in [0.4, 0.5) is 0 Å². The summed E-state index contributed by atoms with van der Waals surface area (Å²) in [5, 5.41) is 5.15. The summed E-state index contributed by atoms with van der Waals surface area (Å²) in [6.07, 6.45) is 4.71. The molecule has 1 aliphatic heterocycles. The number of thiophene rings is 1. The van der Waals surface area contributed by atoms with E-state index in [9.17, 15) is 8.42 Å². The fourth-order valence-electron chi connectivity index (χ4n) is 2.65. The zero-order valence-corrected chi connectivity index (χ0v) is 14.0. The van der Waals surface area contributed by atoms with Crippen LogP contribution >= 0.6 is 11.3 Å². The molecule has 118 valence electrons. The average Bonchev–Trinajstić information content (AvgIpc) is 2.98. The molecule has 2 N–H and O–H groups in total. The Morgan fingerprint density at radius 3 is 2.86 bits per heavy atom. The van der Waals surface area contributed by atoms with Gasteiger partial charge in [-0.3, -0.25) is 0 Å². The smallest absolute Gasteiger partial charge is 0.241 e. The van der Waals surface area contributed by atoms with Crippen LogP contribution in [-0.4, -0.2) is 45.5 Å². The Kier molecular flexibility index (Phi) is 4.66. The molecule has 1 aliphatic carbocycles. The third-order valence-electron chi connectivity index (χ3n) is 4.26. The molecule has 1 saturated carbocycles. The summed E-state index contributed by atoms with van der Waals surface area (Å²) in [6, 6.07) is 2.76. The molecule has 1 aromatic rings. The minimum atomic E-state index is -3.37.